The van der Waals surface area contributed by atoms with Crippen LogP contribution in [0.4, 0.5) is 5.82 Å². The van der Waals surface area contributed by atoms with Crippen LogP contribution in [0.15, 0.2) is 53.1 Å². The molecule has 0 radical (unpaired) electrons. The standard InChI is InChI=1S/C22H21N3OS/c1-2-7-15(8-3-1)13-19-24-21(23-14-16-9-6-12-26-16)20-17-10-4-5-11-18(17)27-22(20)25-19/h1-3,6-9,12H,4-5,10-11,13-14H2,(H,23,24,25). The molecule has 0 spiro atoms. The highest BCUT2D eigenvalue weighted by atomic mass is 32.1. The number of nitrogens with zero attached hydrogens (tertiary/aromatic N) is 2. The van der Waals surface area contributed by atoms with Crippen LogP contribution in [-0.2, 0) is 25.8 Å². The summed E-state index contributed by atoms with van der Waals surface area (Å²) >= 11 is 1.85. The Morgan fingerprint density at radius 1 is 1.00 bits per heavy atom. The molecule has 5 rings (SSSR count). The molecule has 1 aliphatic rings. The maximum atomic E-state index is 5.48. The lowest BCUT2D eigenvalue weighted by atomic mass is 9.97. The molecule has 136 valence electrons. The van der Waals surface area contributed by atoms with E-state index in [1.807, 2.05) is 29.5 Å². The van der Waals surface area contributed by atoms with Crippen molar-refractivity contribution >= 4 is 27.4 Å². The second-order valence-corrected chi connectivity index (χ2v) is 8.06. The number of hydrogen-bond acceptors (Lipinski definition) is 5. The van der Waals surface area contributed by atoms with Crippen molar-refractivity contribution in [2.24, 2.45) is 0 Å². The zero-order valence-corrected chi connectivity index (χ0v) is 15.9. The average Bonchev–Trinajstić information content (AvgIpc) is 3.34. The summed E-state index contributed by atoms with van der Waals surface area (Å²) in [6.45, 7) is 0.633. The van der Waals surface area contributed by atoms with Gasteiger partial charge in [-0.05, 0) is 48.9 Å². The normalized spacial score (nSPS) is 13.6. The largest absolute Gasteiger partial charge is 0.467 e. The van der Waals surface area contributed by atoms with E-state index in [0.29, 0.717) is 6.54 Å². The van der Waals surface area contributed by atoms with Crippen LogP contribution in [0.5, 0.6) is 0 Å². The molecule has 3 aromatic heterocycles. The molecule has 0 unspecified atom stereocenters. The molecule has 27 heavy (non-hydrogen) atoms. The smallest absolute Gasteiger partial charge is 0.139 e. The van der Waals surface area contributed by atoms with Gasteiger partial charge in [-0.15, -0.1) is 11.3 Å². The number of nitrogens with one attached hydrogen (secondary N) is 1. The van der Waals surface area contributed by atoms with Crippen LogP contribution in [0.2, 0.25) is 0 Å². The highest BCUT2D eigenvalue weighted by molar-refractivity contribution is 7.19. The van der Waals surface area contributed by atoms with E-state index in [1.54, 1.807) is 6.26 Å². The number of thiophene rings is 1. The van der Waals surface area contributed by atoms with Crippen molar-refractivity contribution in [3.63, 3.8) is 0 Å². The first-order chi connectivity index (χ1) is 13.4. The minimum absolute atomic E-state index is 0.633. The molecule has 0 bridgehead atoms. The maximum absolute atomic E-state index is 5.48. The van der Waals surface area contributed by atoms with Crippen LogP contribution in [0, 0.1) is 0 Å². The van der Waals surface area contributed by atoms with Gasteiger partial charge < -0.3 is 9.73 Å². The zero-order chi connectivity index (χ0) is 18.1. The fourth-order valence-electron chi connectivity index (χ4n) is 3.77. The number of furan rings is 1. The van der Waals surface area contributed by atoms with Gasteiger partial charge in [-0.1, -0.05) is 30.3 Å². The van der Waals surface area contributed by atoms with E-state index in [9.17, 15) is 0 Å². The van der Waals surface area contributed by atoms with Crippen LogP contribution < -0.4 is 5.32 Å². The third-order valence-electron chi connectivity index (χ3n) is 5.08. The van der Waals surface area contributed by atoms with Crippen molar-refractivity contribution < 1.29 is 4.42 Å². The number of aromatic nitrogens is 2. The number of hydrogen-bond donors (Lipinski definition) is 1. The maximum Gasteiger partial charge on any atom is 0.139 e. The molecule has 1 N–H and O–H groups in total. The zero-order valence-electron chi connectivity index (χ0n) is 15.1. The molecule has 1 aliphatic carbocycles. The molecule has 0 atom stereocenters. The lowest BCUT2D eigenvalue weighted by Gasteiger charge is -2.13. The van der Waals surface area contributed by atoms with E-state index < -0.39 is 0 Å². The quantitative estimate of drug-likeness (QED) is 0.510. The molecule has 0 saturated carbocycles. The van der Waals surface area contributed by atoms with Crippen LogP contribution >= 0.6 is 11.3 Å². The average molecular weight is 375 g/mol. The van der Waals surface area contributed by atoms with E-state index in [2.05, 4.69) is 29.6 Å². The molecule has 4 aromatic rings. The molecular formula is C22H21N3OS. The Bertz CT molecular complexity index is 1050. The Kier molecular flexibility index (Phi) is 4.38. The van der Waals surface area contributed by atoms with Gasteiger partial charge in [0.1, 0.15) is 22.2 Å². The van der Waals surface area contributed by atoms with Crippen LogP contribution in [0.1, 0.15) is 40.4 Å². The van der Waals surface area contributed by atoms with Gasteiger partial charge >= 0.3 is 0 Å². The summed E-state index contributed by atoms with van der Waals surface area (Å²) in [5.41, 5.74) is 2.68. The number of rotatable bonds is 5. The Morgan fingerprint density at radius 3 is 2.74 bits per heavy atom. The van der Waals surface area contributed by atoms with Crippen molar-refractivity contribution in [1.82, 2.24) is 9.97 Å². The molecule has 1 aromatic carbocycles. The minimum Gasteiger partial charge on any atom is -0.467 e. The van der Waals surface area contributed by atoms with Crippen LogP contribution in [-0.4, -0.2) is 9.97 Å². The summed E-state index contributed by atoms with van der Waals surface area (Å²) in [7, 11) is 0. The van der Waals surface area contributed by atoms with Gasteiger partial charge in [0.2, 0.25) is 0 Å². The predicted octanol–water partition coefficient (Wildman–Crippen LogP) is 5.37. The predicted molar refractivity (Wildman–Crippen MR) is 109 cm³/mol. The number of fused-ring (bicyclic) bond motifs is 3. The fraction of sp³-hybridized carbons (Fsp3) is 0.273. The first kappa shape index (κ1) is 16.5. The lowest BCUT2D eigenvalue weighted by molar-refractivity contribution is 0.518. The van der Waals surface area contributed by atoms with Crippen molar-refractivity contribution in [2.45, 2.75) is 38.6 Å². The third-order valence-corrected chi connectivity index (χ3v) is 6.26. The summed E-state index contributed by atoms with van der Waals surface area (Å²) in [6, 6.07) is 14.3. The summed E-state index contributed by atoms with van der Waals surface area (Å²) in [4.78, 5) is 12.4. The SMILES string of the molecule is c1ccc(Cc2nc(NCc3ccco3)c3c4c(sc3n2)CCCC4)cc1. The van der Waals surface area contributed by atoms with Crippen molar-refractivity contribution in [3.05, 3.63) is 76.3 Å². The molecule has 0 amide bonds. The van der Waals surface area contributed by atoms with Gasteiger partial charge in [0.25, 0.3) is 0 Å². The minimum atomic E-state index is 0.633. The topological polar surface area (TPSA) is 51.0 Å². The van der Waals surface area contributed by atoms with Gasteiger partial charge in [0, 0.05) is 11.3 Å². The summed E-state index contributed by atoms with van der Waals surface area (Å²) in [5.74, 6) is 2.73. The highest BCUT2D eigenvalue weighted by Crippen LogP contribution is 2.38. The summed E-state index contributed by atoms with van der Waals surface area (Å²) in [6.07, 6.45) is 7.28. The molecule has 3 heterocycles. The van der Waals surface area contributed by atoms with Crippen LogP contribution in [0.25, 0.3) is 10.2 Å². The van der Waals surface area contributed by atoms with E-state index in [0.717, 1.165) is 35.1 Å². The number of benzene rings is 1. The second kappa shape index (κ2) is 7.16. The summed E-state index contributed by atoms with van der Waals surface area (Å²) < 4.78 is 5.48. The van der Waals surface area contributed by atoms with Gasteiger partial charge in [-0.2, -0.15) is 0 Å². The van der Waals surface area contributed by atoms with Crippen molar-refractivity contribution in [1.29, 1.82) is 0 Å². The van der Waals surface area contributed by atoms with Crippen LogP contribution in [0.3, 0.4) is 0 Å². The van der Waals surface area contributed by atoms with Gasteiger partial charge in [0.15, 0.2) is 0 Å². The van der Waals surface area contributed by atoms with Crippen molar-refractivity contribution in [3.8, 4) is 0 Å². The number of anilines is 1. The molecule has 5 heteroatoms. The summed E-state index contributed by atoms with van der Waals surface area (Å²) in [5, 5.41) is 4.73. The third kappa shape index (κ3) is 3.35. The van der Waals surface area contributed by atoms with Gasteiger partial charge in [-0.25, -0.2) is 9.97 Å². The van der Waals surface area contributed by atoms with Crippen molar-refractivity contribution in [2.75, 3.05) is 5.32 Å². The Hall–Kier alpha value is -2.66. The lowest BCUT2D eigenvalue weighted by Crippen LogP contribution is -2.06. The Morgan fingerprint density at radius 2 is 1.89 bits per heavy atom. The Labute approximate surface area is 162 Å². The molecule has 0 fully saturated rings. The van der Waals surface area contributed by atoms with Gasteiger partial charge in [0.05, 0.1) is 18.2 Å². The molecule has 0 aliphatic heterocycles. The van der Waals surface area contributed by atoms with E-state index in [1.165, 1.54) is 40.7 Å². The first-order valence-corrected chi connectivity index (χ1v) is 10.3. The Balaban J connectivity index is 1.56. The number of aryl methyl sites for hydroxylation is 2. The first-order valence-electron chi connectivity index (χ1n) is 9.48. The fourth-order valence-corrected chi connectivity index (χ4v) is 5.05. The van der Waals surface area contributed by atoms with E-state index >= 15 is 0 Å². The molecular weight excluding hydrogens is 354 g/mol. The second-order valence-electron chi connectivity index (χ2n) is 6.97. The molecule has 4 nitrogen and oxygen atoms in total. The van der Waals surface area contributed by atoms with Gasteiger partial charge in [-0.3, -0.25) is 0 Å². The monoisotopic (exact) mass is 375 g/mol. The van der Waals surface area contributed by atoms with E-state index in [-0.39, 0.29) is 0 Å². The van der Waals surface area contributed by atoms with E-state index in [4.69, 9.17) is 14.4 Å². The highest BCUT2D eigenvalue weighted by Gasteiger charge is 2.21. The molecule has 0 saturated heterocycles.